The first kappa shape index (κ1) is 35.1. The van der Waals surface area contributed by atoms with Crippen LogP contribution in [0.4, 0.5) is 0 Å². The smallest absolute Gasteiger partial charge is 0.310 e. The molecule has 0 saturated carbocycles. The number of rotatable bonds is 12. The molecule has 1 aliphatic heterocycles. The maximum atomic E-state index is 13.4. The van der Waals surface area contributed by atoms with Crippen molar-refractivity contribution < 1.29 is 29.0 Å². The fourth-order valence-electron chi connectivity index (χ4n) is 5.85. The van der Waals surface area contributed by atoms with Crippen LogP contribution in [0.15, 0.2) is 127 Å². The van der Waals surface area contributed by atoms with Crippen molar-refractivity contribution in [2.45, 2.75) is 50.9 Å². The molecule has 1 aliphatic rings. The van der Waals surface area contributed by atoms with E-state index >= 15 is 0 Å². The highest BCUT2D eigenvalue weighted by Gasteiger charge is 2.28. The van der Waals surface area contributed by atoms with Gasteiger partial charge in [-0.3, -0.25) is 14.4 Å². The van der Waals surface area contributed by atoms with E-state index in [9.17, 15) is 19.5 Å². The second kappa shape index (κ2) is 18.4. The molecule has 49 heavy (non-hydrogen) atoms. The Hall–Kier alpha value is -5.21. The lowest BCUT2D eigenvalue weighted by atomic mass is 9.94. The number of aliphatic hydroxyl groups is 1. The standard InChI is InChI=1S/C41H44N2O6/c44-28-36(25-31-20-22-37(23-21-31)48-29-32-14-6-2-7-15-32)43-39(45)26-34-18-10-11-19-35(24-30-12-4-1-5-13-30)41(47)49-38(27-42-40(34)46)33-16-8-3-9-17-33/h1-17,20-23,34-36,38,44H,18-19,24-29H2,(H,42,46)(H,43,45). The number of aliphatic hydroxyl groups excluding tert-OH is 1. The van der Waals surface area contributed by atoms with Gasteiger partial charge < -0.3 is 25.2 Å². The van der Waals surface area contributed by atoms with E-state index in [0.717, 1.165) is 28.0 Å². The molecule has 0 bridgehead atoms. The Balaban J connectivity index is 1.21. The summed E-state index contributed by atoms with van der Waals surface area (Å²) in [5.41, 5.74) is 3.82. The number of ether oxygens (including phenoxy) is 2. The van der Waals surface area contributed by atoms with Crippen LogP contribution in [-0.4, -0.2) is 42.1 Å². The van der Waals surface area contributed by atoms with Gasteiger partial charge in [-0.25, -0.2) is 0 Å². The van der Waals surface area contributed by atoms with Gasteiger partial charge in [-0.1, -0.05) is 115 Å². The second-order valence-electron chi connectivity index (χ2n) is 12.4. The van der Waals surface area contributed by atoms with Crippen molar-refractivity contribution in [2.24, 2.45) is 11.8 Å². The van der Waals surface area contributed by atoms with E-state index in [1.165, 1.54) is 0 Å². The Morgan fingerprint density at radius 2 is 1.41 bits per heavy atom. The van der Waals surface area contributed by atoms with Crippen molar-refractivity contribution in [1.82, 2.24) is 10.6 Å². The van der Waals surface area contributed by atoms with E-state index in [2.05, 4.69) is 10.6 Å². The molecule has 8 heteroatoms. The molecule has 2 amide bonds. The number of hydrogen-bond acceptors (Lipinski definition) is 6. The van der Waals surface area contributed by atoms with Crippen LogP contribution in [0, 0.1) is 11.8 Å². The first-order valence-electron chi connectivity index (χ1n) is 16.8. The molecule has 1 heterocycles. The molecule has 0 radical (unpaired) electrons. The van der Waals surface area contributed by atoms with Gasteiger partial charge >= 0.3 is 5.97 Å². The van der Waals surface area contributed by atoms with Gasteiger partial charge in [0.15, 0.2) is 0 Å². The van der Waals surface area contributed by atoms with Crippen LogP contribution in [0.5, 0.6) is 5.75 Å². The maximum Gasteiger partial charge on any atom is 0.310 e. The van der Waals surface area contributed by atoms with Crippen molar-refractivity contribution in [3.8, 4) is 5.75 Å². The predicted octanol–water partition coefficient (Wildman–Crippen LogP) is 5.90. The summed E-state index contributed by atoms with van der Waals surface area (Å²) in [6, 6.07) is 36.2. The van der Waals surface area contributed by atoms with Crippen LogP contribution in [-0.2, 0) is 38.6 Å². The van der Waals surface area contributed by atoms with E-state index < -0.39 is 24.0 Å². The minimum absolute atomic E-state index is 0.0534. The number of nitrogens with one attached hydrogen (secondary N) is 2. The normalized spacial score (nSPS) is 19.0. The maximum absolute atomic E-state index is 13.4. The van der Waals surface area contributed by atoms with E-state index in [1.807, 2.05) is 127 Å². The fraction of sp³-hybridized carbons (Fsp3) is 0.293. The number of carbonyl (C=O) groups is 3. The van der Waals surface area contributed by atoms with Gasteiger partial charge in [-0.2, -0.15) is 0 Å². The largest absolute Gasteiger partial charge is 0.489 e. The van der Waals surface area contributed by atoms with Crippen molar-refractivity contribution in [3.63, 3.8) is 0 Å². The molecular weight excluding hydrogens is 616 g/mol. The highest BCUT2D eigenvalue weighted by atomic mass is 16.5. The Labute approximate surface area is 288 Å². The summed E-state index contributed by atoms with van der Waals surface area (Å²) in [6.07, 6.45) is 4.75. The zero-order chi connectivity index (χ0) is 34.3. The first-order chi connectivity index (χ1) is 24.0. The quantitative estimate of drug-likeness (QED) is 0.129. The zero-order valence-corrected chi connectivity index (χ0v) is 27.6. The van der Waals surface area contributed by atoms with E-state index in [-0.39, 0.29) is 37.4 Å². The number of allylic oxidation sites excluding steroid dienone is 2. The summed E-state index contributed by atoms with van der Waals surface area (Å²) in [6.45, 7) is 0.298. The third-order valence-electron chi connectivity index (χ3n) is 8.60. The third-order valence-corrected chi connectivity index (χ3v) is 8.60. The van der Waals surface area contributed by atoms with E-state index in [1.54, 1.807) is 0 Å². The highest BCUT2D eigenvalue weighted by molar-refractivity contribution is 5.86. The van der Waals surface area contributed by atoms with Crippen molar-refractivity contribution >= 4 is 17.8 Å². The number of carbonyl (C=O) groups excluding carboxylic acids is 3. The van der Waals surface area contributed by atoms with Gasteiger partial charge in [0.2, 0.25) is 11.8 Å². The molecule has 8 nitrogen and oxygen atoms in total. The van der Waals surface area contributed by atoms with Crippen molar-refractivity contribution in [3.05, 3.63) is 150 Å². The molecule has 4 atom stereocenters. The van der Waals surface area contributed by atoms with Gasteiger partial charge in [-0.05, 0) is 60.1 Å². The Bertz CT molecular complexity index is 1640. The molecule has 254 valence electrons. The number of esters is 1. The molecule has 4 aromatic carbocycles. The Morgan fingerprint density at radius 1 is 0.796 bits per heavy atom. The summed E-state index contributed by atoms with van der Waals surface area (Å²) in [5, 5.41) is 15.9. The zero-order valence-electron chi connectivity index (χ0n) is 27.6. The molecule has 0 saturated heterocycles. The summed E-state index contributed by atoms with van der Waals surface area (Å²) < 4.78 is 11.9. The fourth-order valence-corrected chi connectivity index (χ4v) is 5.85. The van der Waals surface area contributed by atoms with Crippen molar-refractivity contribution in [1.29, 1.82) is 0 Å². The van der Waals surface area contributed by atoms with Gasteiger partial charge in [0.05, 0.1) is 31.0 Å². The van der Waals surface area contributed by atoms with Crippen LogP contribution in [0.2, 0.25) is 0 Å². The molecule has 0 aromatic heterocycles. The molecule has 4 aromatic rings. The second-order valence-corrected chi connectivity index (χ2v) is 12.4. The Morgan fingerprint density at radius 3 is 2.06 bits per heavy atom. The minimum atomic E-state index is -0.678. The van der Waals surface area contributed by atoms with Crippen LogP contribution in [0.25, 0.3) is 0 Å². The van der Waals surface area contributed by atoms with Gasteiger partial charge in [0, 0.05) is 6.42 Å². The average molecular weight is 661 g/mol. The van der Waals surface area contributed by atoms with Crippen molar-refractivity contribution in [2.75, 3.05) is 13.2 Å². The number of cyclic esters (lactones) is 1. The molecule has 3 N–H and O–H groups in total. The lowest BCUT2D eigenvalue weighted by Gasteiger charge is -2.24. The van der Waals surface area contributed by atoms with Crippen LogP contribution in [0.1, 0.15) is 47.6 Å². The molecule has 0 aliphatic carbocycles. The van der Waals surface area contributed by atoms with E-state index in [0.29, 0.717) is 32.3 Å². The lowest BCUT2D eigenvalue weighted by molar-refractivity contribution is -0.154. The molecule has 4 unspecified atom stereocenters. The minimum Gasteiger partial charge on any atom is -0.489 e. The Kier molecular flexibility index (Phi) is 13.2. The topological polar surface area (TPSA) is 114 Å². The summed E-state index contributed by atoms with van der Waals surface area (Å²) >= 11 is 0. The van der Waals surface area contributed by atoms with Crippen LogP contribution >= 0.6 is 0 Å². The number of amides is 2. The summed E-state index contributed by atoms with van der Waals surface area (Å²) in [4.78, 5) is 40.1. The third kappa shape index (κ3) is 11.2. The number of hydrogen-bond donors (Lipinski definition) is 3. The molecular formula is C41H44N2O6. The first-order valence-corrected chi connectivity index (χ1v) is 16.8. The average Bonchev–Trinajstić information content (AvgIpc) is 3.14. The monoisotopic (exact) mass is 660 g/mol. The van der Waals surface area contributed by atoms with Gasteiger partial charge in [0.1, 0.15) is 18.5 Å². The lowest BCUT2D eigenvalue weighted by Crippen LogP contribution is -2.42. The molecule has 5 rings (SSSR count). The van der Waals surface area contributed by atoms with E-state index in [4.69, 9.17) is 9.47 Å². The highest BCUT2D eigenvalue weighted by Crippen LogP contribution is 2.24. The van der Waals surface area contributed by atoms with Gasteiger partial charge in [0.25, 0.3) is 0 Å². The predicted molar refractivity (Wildman–Crippen MR) is 188 cm³/mol. The van der Waals surface area contributed by atoms with Gasteiger partial charge in [-0.15, -0.1) is 0 Å². The van der Waals surface area contributed by atoms with Crippen LogP contribution in [0.3, 0.4) is 0 Å². The SMILES string of the molecule is O=C(CC1CC=CCC(Cc2ccccc2)C(=O)OC(c2ccccc2)CNC1=O)NC(CO)Cc1ccc(OCc2ccccc2)cc1. The molecule has 0 spiro atoms. The summed E-state index contributed by atoms with van der Waals surface area (Å²) in [5.74, 6) is -1.26. The number of benzene rings is 4. The molecule has 0 fully saturated rings. The van der Waals surface area contributed by atoms with Crippen LogP contribution < -0.4 is 15.4 Å². The summed E-state index contributed by atoms with van der Waals surface area (Å²) in [7, 11) is 0.